The summed E-state index contributed by atoms with van der Waals surface area (Å²) < 4.78 is 10.8. The van der Waals surface area contributed by atoms with Crippen molar-refractivity contribution in [1.29, 1.82) is 0 Å². The first-order valence-electron chi connectivity index (χ1n) is 9.77. The molecule has 3 aromatic rings. The number of fused-ring (bicyclic) bond motifs is 1. The molecule has 1 aromatic carbocycles. The van der Waals surface area contributed by atoms with Crippen molar-refractivity contribution in [3.05, 3.63) is 63.9 Å². The fourth-order valence-electron chi connectivity index (χ4n) is 4.14. The van der Waals surface area contributed by atoms with Crippen molar-refractivity contribution in [3.63, 3.8) is 0 Å². The zero-order chi connectivity index (χ0) is 18.9. The average molecular weight is 378 g/mol. The van der Waals surface area contributed by atoms with E-state index in [0.717, 1.165) is 56.0 Å². The lowest BCUT2D eigenvalue weighted by Gasteiger charge is -2.26. The molecule has 0 spiro atoms. The number of H-pyrrole nitrogens is 1. The number of hydrogen-bond acceptors (Lipinski definition) is 6. The van der Waals surface area contributed by atoms with Gasteiger partial charge in [-0.05, 0) is 61.6 Å². The lowest BCUT2D eigenvalue weighted by Crippen LogP contribution is -2.23. The maximum Gasteiger partial charge on any atom is 0.434 e. The number of rotatable bonds is 4. The summed E-state index contributed by atoms with van der Waals surface area (Å²) in [6.45, 7) is 2.72. The van der Waals surface area contributed by atoms with Crippen LogP contribution in [0.5, 0.6) is 5.75 Å². The van der Waals surface area contributed by atoms with Gasteiger partial charge in [0.15, 0.2) is 0 Å². The van der Waals surface area contributed by atoms with Crippen molar-refractivity contribution < 1.29 is 9.15 Å². The largest absolute Gasteiger partial charge is 0.492 e. The molecule has 0 amide bonds. The van der Waals surface area contributed by atoms with Crippen LogP contribution in [0.1, 0.15) is 42.1 Å². The summed E-state index contributed by atoms with van der Waals surface area (Å²) in [5.74, 6) is 0.734. The second-order valence-electron chi connectivity index (χ2n) is 7.41. The van der Waals surface area contributed by atoms with E-state index in [-0.39, 0.29) is 0 Å². The minimum absolute atomic E-state index is 0.315. The number of aromatic nitrogens is 3. The normalized spacial score (nSPS) is 19.4. The lowest BCUT2D eigenvalue weighted by atomic mass is 10.0. The number of ether oxygens (including phenoxy) is 1. The molecule has 0 radical (unpaired) electrons. The van der Waals surface area contributed by atoms with Crippen LogP contribution >= 0.6 is 0 Å². The summed E-state index contributed by atoms with van der Waals surface area (Å²) in [5, 5.41) is 6.16. The molecule has 28 heavy (non-hydrogen) atoms. The van der Waals surface area contributed by atoms with E-state index in [2.05, 4.69) is 38.3 Å². The van der Waals surface area contributed by atoms with Gasteiger partial charge in [0.2, 0.25) is 5.89 Å². The Morgan fingerprint density at radius 2 is 2.11 bits per heavy atom. The molecule has 7 heteroatoms. The smallest absolute Gasteiger partial charge is 0.434 e. The Balaban J connectivity index is 1.32. The highest BCUT2D eigenvalue weighted by Crippen LogP contribution is 2.36. The molecule has 2 aromatic heterocycles. The number of aromatic amines is 1. The lowest BCUT2D eigenvalue weighted by molar-refractivity contribution is 0.245. The highest BCUT2D eigenvalue weighted by molar-refractivity contribution is 5.52. The van der Waals surface area contributed by atoms with E-state index in [9.17, 15) is 4.79 Å². The van der Waals surface area contributed by atoms with Gasteiger partial charge in [0.1, 0.15) is 5.75 Å². The van der Waals surface area contributed by atoms with Gasteiger partial charge in [0.25, 0.3) is 0 Å². The zero-order valence-electron chi connectivity index (χ0n) is 15.6. The molecular formula is C21H22N4O3. The Kier molecular flexibility index (Phi) is 4.44. The molecule has 1 N–H and O–H groups in total. The van der Waals surface area contributed by atoms with Gasteiger partial charge in [-0.25, -0.2) is 9.89 Å². The molecule has 2 aliphatic heterocycles. The first-order valence-corrected chi connectivity index (χ1v) is 9.77. The van der Waals surface area contributed by atoms with Crippen LogP contribution in [0.3, 0.4) is 0 Å². The fraction of sp³-hybridized carbons (Fsp3) is 0.381. The second kappa shape index (κ2) is 7.24. The van der Waals surface area contributed by atoms with Crippen LogP contribution in [0.15, 0.2) is 45.7 Å². The van der Waals surface area contributed by atoms with Gasteiger partial charge in [-0.1, -0.05) is 12.1 Å². The summed E-state index contributed by atoms with van der Waals surface area (Å²) in [6.07, 6.45) is 6.40. The van der Waals surface area contributed by atoms with Gasteiger partial charge >= 0.3 is 5.76 Å². The van der Waals surface area contributed by atoms with E-state index in [1.165, 1.54) is 17.5 Å². The molecule has 0 saturated carbocycles. The monoisotopic (exact) mass is 378 g/mol. The molecule has 7 nitrogen and oxygen atoms in total. The van der Waals surface area contributed by atoms with E-state index in [1.54, 1.807) is 0 Å². The molecule has 1 saturated heterocycles. The van der Waals surface area contributed by atoms with Crippen molar-refractivity contribution in [2.45, 2.75) is 38.3 Å². The Labute approximate surface area is 162 Å². The third-order valence-electron chi connectivity index (χ3n) is 5.54. The Morgan fingerprint density at radius 1 is 1.21 bits per heavy atom. The van der Waals surface area contributed by atoms with Gasteiger partial charge in [0, 0.05) is 24.3 Å². The van der Waals surface area contributed by atoms with Crippen LogP contribution in [0.4, 0.5) is 0 Å². The first-order chi connectivity index (χ1) is 13.8. The quantitative estimate of drug-likeness (QED) is 0.751. The molecule has 0 unspecified atom stereocenters. The number of benzene rings is 1. The minimum atomic E-state index is -0.540. The van der Waals surface area contributed by atoms with E-state index in [4.69, 9.17) is 9.15 Å². The molecule has 144 valence electrons. The SMILES string of the molecule is O=c1[nH]nc(-c2ccc(CN3CCC[C@H]3c3cnc4c(c3)OCCC4)cc2)o1. The Bertz CT molecular complexity index is 1020. The maximum absolute atomic E-state index is 11.1. The topological polar surface area (TPSA) is 84.2 Å². The van der Waals surface area contributed by atoms with E-state index >= 15 is 0 Å². The predicted molar refractivity (Wildman–Crippen MR) is 103 cm³/mol. The zero-order valence-corrected chi connectivity index (χ0v) is 15.6. The van der Waals surface area contributed by atoms with Crippen LogP contribution in [0.2, 0.25) is 0 Å². The van der Waals surface area contributed by atoms with Gasteiger partial charge in [-0.15, -0.1) is 5.10 Å². The Hall–Kier alpha value is -2.93. The molecule has 2 aliphatic rings. The highest BCUT2D eigenvalue weighted by Gasteiger charge is 2.27. The fourth-order valence-corrected chi connectivity index (χ4v) is 4.14. The molecule has 5 rings (SSSR count). The van der Waals surface area contributed by atoms with Gasteiger partial charge in [-0.2, -0.15) is 0 Å². The number of hydrogen-bond donors (Lipinski definition) is 1. The maximum atomic E-state index is 11.1. The minimum Gasteiger partial charge on any atom is -0.492 e. The van der Waals surface area contributed by atoms with E-state index in [0.29, 0.717) is 11.9 Å². The van der Waals surface area contributed by atoms with Crippen LogP contribution in [-0.4, -0.2) is 33.2 Å². The average Bonchev–Trinajstić information content (AvgIpc) is 3.37. The van der Waals surface area contributed by atoms with Crippen molar-refractivity contribution in [1.82, 2.24) is 20.1 Å². The summed E-state index contributed by atoms with van der Waals surface area (Å²) in [4.78, 5) is 18.3. The van der Waals surface area contributed by atoms with Crippen LogP contribution < -0.4 is 10.5 Å². The molecule has 1 fully saturated rings. The molecule has 4 heterocycles. The number of likely N-dealkylation sites (tertiary alicyclic amines) is 1. The number of aryl methyl sites for hydroxylation is 1. The van der Waals surface area contributed by atoms with E-state index in [1.807, 2.05) is 18.3 Å². The number of pyridine rings is 1. The Morgan fingerprint density at radius 3 is 2.93 bits per heavy atom. The molecule has 0 aliphatic carbocycles. The van der Waals surface area contributed by atoms with Gasteiger partial charge in [0.05, 0.1) is 12.3 Å². The van der Waals surface area contributed by atoms with Crippen LogP contribution in [0, 0.1) is 0 Å². The molecular weight excluding hydrogens is 356 g/mol. The summed E-state index contributed by atoms with van der Waals surface area (Å²) >= 11 is 0. The summed E-state index contributed by atoms with van der Waals surface area (Å²) in [7, 11) is 0. The van der Waals surface area contributed by atoms with Crippen molar-refractivity contribution in [3.8, 4) is 17.2 Å². The third-order valence-corrected chi connectivity index (χ3v) is 5.54. The highest BCUT2D eigenvalue weighted by atomic mass is 16.5. The van der Waals surface area contributed by atoms with Crippen molar-refractivity contribution in [2.24, 2.45) is 0 Å². The number of nitrogens with one attached hydrogen (secondary N) is 1. The van der Waals surface area contributed by atoms with Gasteiger partial charge < -0.3 is 9.15 Å². The predicted octanol–water partition coefficient (Wildman–Crippen LogP) is 3.09. The van der Waals surface area contributed by atoms with Crippen molar-refractivity contribution >= 4 is 0 Å². The summed E-state index contributed by atoms with van der Waals surface area (Å²) in [6, 6.07) is 10.6. The van der Waals surface area contributed by atoms with Crippen LogP contribution in [0.25, 0.3) is 11.5 Å². The first kappa shape index (κ1) is 17.2. The standard InChI is InChI=1S/C21H22N4O3/c26-21-24-23-20(28-21)15-7-5-14(6-8-15)13-25-9-1-4-18(25)16-11-19-17(22-12-16)3-2-10-27-19/h5-8,11-12,18H,1-4,9-10,13H2,(H,24,26)/t18-/m0/s1. The van der Waals surface area contributed by atoms with Crippen LogP contribution in [-0.2, 0) is 13.0 Å². The number of nitrogens with zero attached hydrogens (tertiary/aromatic N) is 3. The molecule has 1 atom stereocenters. The summed E-state index contributed by atoms with van der Waals surface area (Å²) in [5.41, 5.74) is 4.33. The second-order valence-corrected chi connectivity index (χ2v) is 7.41. The van der Waals surface area contributed by atoms with Gasteiger partial charge in [-0.3, -0.25) is 9.88 Å². The third kappa shape index (κ3) is 3.33. The molecule has 0 bridgehead atoms. The van der Waals surface area contributed by atoms with Crippen molar-refractivity contribution in [2.75, 3.05) is 13.2 Å². The van der Waals surface area contributed by atoms with E-state index < -0.39 is 5.76 Å².